The lowest BCUT2D eigenvalue weighted by Gasteiger charge is -2.19. The van der Waals surface area contributed by atoms with Crippen LogP contribution >= 0.6 is 0 Å². The molecule has 1 unspecified atom stereocenters. The Balaban J connectivity index is 1.74. The maximum absolute atomic E-state index is 12.7. The predicted molar refractivity (Wildman–Crippen MR) is 100 cm³/mol. The molecular weight excluding hydrogens is 330 g/mol. The Bertz CT molecular complexity index is 844. The third-order valence-corrected chi connectivity index (χ3v) is 4.29. The van der Waals surface area contributed by atoms with Crippen molar-refractivity contribution in [2.75, 3.05) is 16.8 Å². The van der Waals surface area contributed by atoms with Gasteiger partial charge >= 0.3 is 6.03 Å². The Labute approximate surface area is 152 Å². The van der Waals surface area contributed by atoms with Crippen molar-refractivity contribution >= 4 is 29.2 Å². The van der Waals surface area contributed by atoms with Gasteiger partial charge in [0, 0.05) is 11.4 Å². The highest BCUT2D eigenvalue weighted by Gasteiger charge is 2.43. The summed E-state index contributed by atoms with van der Waals surface area (Å²) in [5.41, 5.74) is 3.34. The molecule has 6 heteroatoms. The second-order valence-corrected chi connectivity index (χ2v) is 6.51. The molecule has 1 saturated heterocycles. The molecule has 134 valence electrons. The number of anilines is 2. The van der Waals surface area contributed by atoms with E-state index in [9.17, 15) is 14.4 Å². The molecule has 1 atom stereocenters. The van der Waals surface area contributed by atoms with Crippen molar-refractivity contribution in [1.82, 2.24) is 4.90 Å². The molecule has 2 aromatic rings. The van der Waals surface area contributed by atoms with Crippen LogP contribution in [0.4, 0.5) is 16.2 Å². The molecule has 4 amide bonds. The van der Waals surface area contributed by atoms with Gasteiger partial charge < -0.3 is 5.32 Å². The highest BCUT2D eigenvalue weighted by atomic mass is 16.2. The second kappa shape index (κ2) is 7.00. The molecule has 1 aliphatic heterocycles. The number of benzene rings is 2. The summed E-state index contributed by atoms with van der Waals surface area (Å²) in [4.78, 5) is 39.9. The van der Waals surface area contributed by atoms with Crippen LogP contribution in [0.1, 0.15) is 18.1 Å². The first-order valence-electron chi connectivity index (χ1n) is 8.44. The van der Waals surface area contributed by atoms with Gasteiger partial charge in [0.15, 0.2) is 0 Å². The molecule has 26 heavy (non-hydrogen) atoms. The van der Waals surface area contributed by atoms with E-state index >= 15 is 0 Å². The third-order valence-electron chi connectivity index (χ3n) is 4.29. The van der Waals surface area contributed by atoms with Gasteiger partial charge in [-0.1, -0.05) is 24.3 Å². The first-order valence-corrected chi connectivity index (χ1v) is 8.44. The standard InChI is InChI=1S/C20H21N3O3/c1-13-9-14(2)11-16(10-13)21-18(24)12-22-19(25)15(3)23(20(22)26)17-7-5-4-6-8-17/h4-11,15H,12H2,1-3H3,(H,21,24). The highest BCUT2D eigenvalue weighted by Crippen LogP contribution is 2.25. The summed E-state index contributed by atoms with van der Waals surface area (Å²) in [6, 6.07) is 13.5. The van der Waals surface area contributed by atoms with Crippen LogP contribution in [-0.4, -0.2) is 35.3 Å². The number of amides is 4. The number of carbonyl (C=O) groups is 3. The Morgan fingerprint density at radius 3 is 2.27 bits per heavy atom. The minimum absolute atomic E-state index is 0.307. The average Bonchev–Trinajstić information content (AvgIpc) is 2.78. The maximum Gasteiger partial charge on any atom is 0.332 e. The van der Waals surface area contributed by atoms with Crippen molar-refractivity contribution in [3.8, 4) is 0 Å². The zero-order chi connectivity index (χ0) is 18.8. The zero-order valence-electron chi connectivity index (χ0n) is 15.0. The monoisotopic (exact) mass is 351 g/mol. The van der Waals surface area contributed by atoms with Crippen molar-refractivity contribution in [1.29, 1.82) is 0 Å². The van der Waals surface area contributed by atoms with Crippen LogP contribution in [0.15, 0.2) is 48.5 Å². The fourth-order valence-corrected chi connectivity index (χ4v) is 3.19. The normalized spacial score (nSPS) is 17.0. The number of para-hydroxylation sites is 1. The van der Waals surface area contributed by atoms with Gasteiger partial charge in [0.25, 0.3) is 5.91 Å². The molecule has 0 radical (unpaired) electrons. The molecule has 3 rings (SSSR count). The largest absolute Gasteiger partial charge is 0.332 e. The quantitative estimate of drug-likeness (QED) is 0.861. The van der Waals surface area contributed by atoms with Crippen molar-refractivity contribution in [2.45, 2.75) is 26.8 Å². The van der Waals surface area contributed by atoms with Crippen LogP contribution in [0.2, 0.25) is 0 Å². The summed E-state index contributed by atoms with van der Waals surface area (Å²) in [5, 5.41) is 2.76. The van der Waals surface area contributed by atoms with Crippen LogP contribution < -0.4 is 10.2 Å². The first kappa shape index (κ1) is 17.7. The molecule has 0 bridgehead atoms. The topological polar surface area (TPSA) is 69.7 Å². The second-order valence-electron chi connectivity index (χ2n) is 6.51. The van der Waals surface area contributed by atoms with Gasteiger partial charge in [-0.15, -0.1) is 0 Å². The van der Waals surface area contributed by atoms with Gasteiger partial charge in [-0.25, -0.2) is 4.79 Å². The van der Waals surface area contributed by atoms with Crippen molar-refractivity contribution < 1.29 is 14.4 Å². The fourth-order valence-electron chi connectivity index (χ4n) is 3.19. The van der Waals surface area contributed by atoms with E-state index < -0.39 is 18.0 Å². The van der Waals surface area contributed by atoms with Gasteiger partial charge in [0.05, 0.1) is 0 Å². The van der Waals surface area contributed by atoms with Gasteiger partial charge in [-0.2, -0.15) is 0 Å². The minimum Gasteiger partial charge on any atom is -0.325 e. The lowest BCUT2D eigenvalue weighted by atomic mass is 10.1. The van der Waals surface area contributed by atoms with Gasteiger partial charge in [-0.05, 0) is 56.2 Å². The number of hydrogen-bond acceptors (Lipinski definition) is 3. The molecule has 0 aromatic heterocycles. The number of nitrogens with zero attached hydrogens (tertiary/aromatic N) is 2. The van der Waals surface area contributed by atoms with Crippen molar-refractivity contribution in [3.05, 3.63) is 59.7 Å². The average molecular weight is 351 g/mol. The number of carbonyl (C=O) groups excluding carboxylic acids is 3. The van der Waals surface area contributed by atoms with Gasteiger partial charge in [0.1, 0.15) is 12.6 Å². The molecule has 2 aromatic carbocycles. The summed E-state index contributed by atoms with van der Waals surface area (Å²) in [6.07, 6.45) is 0. The summed E-state index contributed by atoms with van der Waals surface area (Å²) in [7, 11) is 0. The first-order chi connectivity index (χ1) is 12.4. The van der Waals surface area contributed by atoms with Crippen LogP contribution in [0.25, 0.3) is 0 Å². The highest BCUT2D eigenvalue weighted by molar-refractivity contribution is 6.16. The van der Waals surface area contributed by atoms with E-state index in [1.807, 2.05) is 38.1 Å². The molecule has 1 heterocycles. The maximum atomic E-state index is 12.7. The molecule has 0 aliphatic carbocycles. The van der Waals surface area contributed by atoms with Crippen LogP contribution in [-0.2, 0) is 9.59 Å². The number of imide groups is 1. The summed E-state index contributed by atoms with van der Waals surface area (Å²) < 4.78 is 0. The summed E-state index contributed by atoms with van der Waals surface area (Å²) in [6.45, 7) is 5.23. The van der Waals surface area contributed by atoms with E-state index in [0.717, 1.165) is 16.0 Å². The van der Waals surface area contributed by atoms with Crippen LogP contribution in [0, 0.1) is 13.8 Å². The van der Waals surface area contributed by atoms with E-state index in [2.05, 4.69) is 5.32 Å². The summed E-state index contributed by atoms with van der Waals surface area (Å²) >= 11 is 0. The molecule has 0 saturated carbocycles. The fraction of sp³-hybridized carbons (Fsp3) is 0.250. The zero-order valence-corrected chi connectivity index (χ0v) is 15.0. The Hall–Kier alpha value is -3.15. The van der Waals surface area contributed by atoms with Crippen LogP contribution in [0.5, 0.6) is 0 Å². The minimum atomic E-state index is -0.640. The molecule has 6 nitrogen and oxygen atoms in total. The van der Waals surface area contributed by atoms with Gasteiger partial charge in [0.2, 0.25) is 5.91 Å². The Morgan fingerprint density at radius 1 is 1.04 bits per heavy atom. The lowest BCUT2D eigenvalue weighted by Crippen LogP contribution is -2.39. The van der Waals surface area contributed by atoms with Crippen LogP contribution in [0.3, 0.4) is 0 Å². The van der Waals surface area contributed by atoms with E-state index in [1.165, 1.54) is 4.90 Å². The van der Waals surface area contributed by atoms with Crippen molar-refractivity contribution in [2.24, 2.45) is 0 Å². The number of aryl methyl sites for hydroxylation is 2. The third kappa shape index (κ3) is 3.44. The van der Waals surface area contributed by atoms with Gasteiger partial charge in [-0.3, -0.25) is 19.4 Å². The Morgan fingerprint density at radius 2 is 1.65 bits per heavy atom. The molecule has 1 N–H and O–H groups in total. The molecule has 0 spiro atoms. The number of hydrogen-bond donors (Lipinski definition) is 1. The molecule has 1 aliphatic rings. The van der Waals surface area contributed by atoms with E-state index in [4.69, 9.17) is 0 Å². The molecular formula is C20H21N3O3. The van der Waals surface area contributed by atoms with E-state index in [1.54, 1.807) is 31.2 Å². The SMILES string of the molecule is Cc1cc(C)cc(NC(=O)CN2C(=O)C(C)N(c3ccccc3)C2=O)c1. The van der Waals surface area contributed by atoms with E-state index in [-0.39, 0.29) is 12.5 Å². The Kier molecular flexibility index (Phi) is 4.75. The number of nitrogens with one attached hydrogen (secondary N) is 1. The number of rotatable bonds is 4. The summed E-state index contributed by atoms with van der Waals surface area (Å²) in [5.74, 6) is -0.784. The predicted octanol–water partition coefficient (Wildman–Crippen LogP) is 3.10. The molecule has 1 fully saturated rings. The van der Waals surface area contributed by atoms with E-state index in [0.29, 0.717) is 11.4 Å². The van der Waals surface area contributed by atoms with Crippen molar-refractivity contribution in [3.63, 3.8) is 0 Å². The number of urea groups is 1. The smallest absolute Gasteiger partial charge is 0.325 e. The lowest BCUT2D eigenvalue weighted by molar-refractivity contribution is -0.130.